The van der Waals surface area contributed by atoms with Crippen LogP contribution in [-0.2, 0) is 4.79 Å². The van der Waals surface area contributed by atoms with E-state index in [1.165, 1.54) is 17.5 Å². The van der Waals surface area contributed by atoms with E-state index < -0.39 is 18.0 Å². The SMILES string of the molecule is O=C(O)C(c1cccs1)C(O)c1cccnc1. The molecule has 88 valence electrons. The van der Waals surface area contributed by atoms with Gasteiger partial charge in [0.1, 0.15) is 5.92 Å². The van der Waals surface area contributed by atoms with Crippen molar-refractivity contribution in [1.82, 2.24) is 4.98 Å². The van der Waals surface area contributed by atoms with E-state index in [4.69, 9.17) is 0 Å². The first kappa shape index (κ1) is 11.8. The number of aliphatic hydroxyl groups excluding tert-OH is 1. The minimum Gasteiger partial charge on any atom is -0.481 e. The smallest absolute Gasteiger partial charge is 0.314 e. The molecule has 2 N–H and O–H groups in total. The lowest BCUT2D eigenvalue weighted by atomic mass is 9.95. The fourth-order valence-corrected chi connectivity index (χ4v) is 2.47. The molecule has 17 heavy (non-hydrogen) atoms. The van der Waals surface area contributed by atoms with Crippen LogP contribution in [0.5, 0.6) is 0 Å². The number of carboxylic acids is 1. The molecule has 0 amide bonds. The summed E-state index contributed by atoms with van der Waals surface area (Å²) < 4.78 is 0. The minimum atomic E-state index is -1.08. The molecule has 2 aromatic heterocycles. The average Bonchev–Trinajstić information content (AvgIpc) is 2.83. The summed E-state index contributed by atoms with van der Waals surface area (Å²) in [7, 11) is 0. The van der Waals surface area contributed by atoms with Crippen LogP contribution in [0.1, 0.15) is 22.5 Å². The number of carbonyl (C=O) groups is 1. The zero-order valence-electron chi connectivity index (χ0n) is 8.85. The molecule has 0 aliphatic carbocycles. The van der Waals surface area contributed by atoms with Gasteiger partial charge in [-0.2, -0.15) is 0 Å². The third-order valence-electron chi connectivity index (χ3n) is 2.46. The first-order valence-corrected chi connectivity index (χ1v) is 5.92. The Kier molecular flexibility index (Phi) is 3.51. The van der Waals surface area contributed by atoms with Gasteiger partial charge in [-0.05, 0) is 17.5 Å². The highest BCUT2D eigenvalue weighted by atomic mass is 32.1. The summed E-state index contributed by atoms with van der Waals surface area (Å²) in [4.78, 5) is 15.8. The van der Waals surface area contributed by atoms with Gasteiger partial charge >= 0.3 is 5.97 Å². The van der Waals surface area contributed by atoms with Gasteiger partial charge in [-0.15, -0.1) is 11.3 Å². The number of aliphatic carboxylic acids is 1. The van der Waals surface area contributed by atoms with Crippen molar-refractivity contribution in [2.45, 2.75) is 12.0 Å². The summed E-state index contributed by atoms with van der Waals surface area (Å²) in [5.41, 5.74) is 0.508. The Morgan fingerprint density at radius 2 is 2.18 bits per heavy atom. The van der Waals surface area contributed by atoms with E-state index in [9.17, 15) is 15.0 Å². The maximum Gasteiger partial charge on any atom is 0.314 e. The summed E-state index contributed by atoms with van der Waals surface area (Å²) in [6, 6.07) is 6.82. The zero-order valence-corrected chi connectivity index (χ0v) is 9.67. The Morgan fingerprint density at radius 3 is 2.71 bits per heavy atom. The minimum absolute atomic E-state index is 0.508. The van der Waals surface area contributed by atoms with E-state index in [-0.39, 0.29) is 0 Å². The zero-order chi connectivity index (χ0) is 12.3. The van der Waals surface area contributed by atoms with Gasteiger partial charge in [0.15, 0.2) is 0 Å². The highest BCUT2D eigenvalue weighted by molar-refractivity contribution is 7.10. The monoisotopic (exact) mass is 249 g/mol. The topological polar surface area (TPSA) is 70.4 Å². The Hall–Kier alpha value is -1.72. The van der Waals surface area contributed by atoms with Gasteiger partial charge in [0.25, 0.3) is 0 Å². The van der Waals surface area contributed by atoms with Crippen LogP contribution in [0.2, 0.25) is 0 Å². The van der Waals surface area contributed by atoms with Crippen LogP contribution in [0.15, 0.2) is 42.0 Å². The summed E-state index contributed by atoms with van der Waals surface area (Å²) >= 11 is 1.32. The van der Waals surface area contributed by atoms with Gasteiger partial charge in [0, 0.05) is 22.8 Å². The number of nitrogens with zero attached hydrogens (tertiary/aromatic N) is 1. The molecule has 5 heteroatoms. The molecule has 0 bridgehead atoms. The van der Waals surface area contributed by atoms with Crippen LogP contribution in [0.25, 0.3) is 0 Å². The fraction of sp³-hybridized carbons (Fsp3) is 0.167. The predicted octanol–water partition coefficient (Wildman–Crippen LogP) is 2.04. The lowest BCUT2D eigenvalue weighted by molar-refractivity contribution is -0.141. The van der Waals surface area contributed by atoms with Crippen LogP contribution < -0.4 is 0 Å². The molecule has 0 saturated heterocycles. The normalized spacial score (nSPS) is 14.2. The lowest BCUT2D eigenvalue weighted by Gasteiger charge is -2.17. The van der Waals surface area contributed by atoms with Crippen LogP contribution in [0.3, 0.4) is 0 Å². The first-order chi connectivity index (χ1) is 8.20. The number of carboxylic acid groups (broad SMARTS) is 1. The Bertz CT molecular complexity index is 484. The van der Waals surface area contributed by atoms with Gasteiger partial charge in [-0.3, -0.25) is 9.78 Å². The number of aromatic nitrogens is 1. The van der Waals surface area contributed by atoms with Crippen LogP contribution in [0, 0.1) is 0 Å². The molecular weight excluding hydrogens is 238 g/mol. The number of rotatable bonds is 4. The highest BCUT2D eigenvalue weighted by Crippen LogP contribution is 2.33. The molecule has 2 rings (SSSR count). The molecule has 4 nitrogen and oxygen atoms in total. The molecule has 0 radical (unpaired) electrons. The predicted molar refractivity (Wildman–Crippen MR) is 63.9 cm³/mol. The Labute approximate surface area is 102 Å². The quantitative estimate of drug-likeness (QED) is 0.870. The molecule has 0 aliphatic rings. The van der Waals surface area contributed by atoms with Crippen LogP contribution in [0.4, 0.5) is 0 Å². The Balaban J connectivity index is 2.32. The van der Waals surface area contributed by atoms with Crippen molar-refractivity contribution in [3.8, 4) is 0 Å². The average molecular weight is 249 g/mol. The van der Waals surface area contributed by atoms with E-state index in [1.807, 2.05) is 0 Å². The van der Waals surface area contributed by atoms with Crippen LogP contribution in [-0.4, -0.2) is 21.2 Å². The van der Waals surface area contributed by atoms with Gasteiger partial charge in [0.2, 0.25) is 0 Å². The molecule has 0 aliphatic heterocycles. The largest absolute Gasteiger partial charge is 0.481 e. The summed E-state index contributed by atoms with van der Waals surface area (Å²) in [6.45, 7) is 0. The number of aliphatic hydroxyl groups is 1. The van der Waals surface area contributed by atoms with Gasteiger partial charge in [0.05, 0.1) is 6.10 Å². The summed E-state index contributed by atoms with van der Waals surface area (Å²) in [5, 5.41) is 21.1. The summed E-state index contributed by atoms with van der Waals surface area (Å²) in [5.74, 6) is -1.98. The molecule has 2 unspecified atom stereocenters. The van der Waals surface area contributed by atoms with Gasteiger partial charge < -0.3 is 10.2 Å². The van der Waals surface area contributed by atoms with E-state index in [0.717, 1.165) is 0 Å². The van der Waals surface area contributed by atoms with Crippen LogP contribution >= 0.6 is 11.3 Å². The van der Waals surface area contributed by atoms with E-state index >= 15 is 0 Å². The van der Waals surface area contributed by atoms with Crippen molar-refractivity contribution in [3.05, 3.63) is 52.5 Å². The molecule has 0 saturated carbocycles. The van der Waals surface area contributed by atoms with Crippen molar-refractivity contribution in [2.24, 2.45) is 0 Å². The molecule has 0 aromatic carbocycles. The van der Waals surface area contributed by atoms with Crippen molar-refractivity contribution in [3.63, 3.8) is 0 Å². The van der Waals surface area contributed by atoms with E-state index in [0.29, 0.717) is 10.4 Å². The van der Waals surface area contributed by atoms with Crippen molar-refractivity contribution >= 4 is 17.3 Å². The highest BCUT2D eigenvalue weighted by Gasteiger charge is 2.30. The maximum absolute atomic E-state index is 11.2. The van der Waals surface area contributed by atoms with Crippen molar-refractivity contribution < 1.29 is 15.0 Å². The second-order valence-corrected chi connectivity index (χ2v) is 4.54. The molecule has 0 spiro atoms. The van der Waals surface area contributed by atoms with E-state index in [1.54, 1.807) is 35.8 Å². The number of pyridine rings is 1. The molecule has 2 atom stereocenters. The maximum atomic E-state index is 11.2. The number of hydrogen-bond acceptors (Lipinski definition) is 4. The summed E-state index contributed by atoms with van der Waals surface area (Å²) in [6.07, 6.45) is 1.98. The third-order valence-corrected chi connectivity index (χ3v) is 3.41. The fourth-order valence-electron chi connectivity index (χ4n) is 1.62. The lowest BCUT2D eigenvalue weighted by Crippen LogP contribution is -2.19. The molecule has 0 fully saturated rings. The number of thiophene rings is 1. The standard InChI is InChI=1S/C12H11NO3S/c14-11(8-3-1-5-13-7-8)10(12(15)16)9-4-2-6-17-9/h1-7,10-11,14H,(H,15,16). The van der Waals surface area contributed by atoms with Gasteiger partial charge in [-0.1, -0.05) is 12.1 Å². The second-order valence-electron chi connectivity index (χ2n) is 3.56. The Morgan fingerprint density at radius 1 is 1.35 bits per heavy atom. The van der Waals surface area contributed by atoms with Crippen molar-refractivity contribution in [2.75, 3.05) is 0 Å². The first-order valence-electron chi connectivity index (χ1n) is 5.04. The molecular formula is C12H11NO3S. The second kappa shape index (κ2) is 5.07. The van der Waals surface area contributed by atoms with Crippen molar-refractivity contribution in [1.29, 1.82) is 0 Å². The third kappa shape index (κ3) is 2.51. The van der Waals surface area contributed by atoms with E-state index in [2.05, 4.69) is 4.98 Å². The molecule has 2 heterocycles. The molecule has 2 aromatic rings. The van der Waals surface area contributed by atoms with Gasteiger partial charge in [-0.25, -0.2) is 0 Å². The number of hydrogen-bond donors (Lipinski definition) is 2.